The Labute approximate surface area is 124 Å². The number of fused-ring (bicyclic) bond motifs is 1. The van der Waals surface area contributed by atoms with Gasteiger partial charge < -0.3 is 4.74 Å². The third kappa shape index (κ3) is 2.52. The van der Waals surface area contributed by atoms with Gasteiger partial charge in [0.25, 0.3) is 0 Å². The van der Waals surface area contributed by atoms with Gasteiger partial charge in [-0.15, -0.1) is 0 Å². The number of esters is 1. The number of benzene rings is 3. The molecule has 2 nitrogen and oxygen atoms in total. The first kappa shape index (κ1) is 13.4. The Morgan fingerprint density at radius 2 is 1.62 bits per heavy atom. The highest BCUT2D eigenvalue weighted by Crippen LogP contribution is 2.32. The van der Waals surface area contributed by atoms with Gasteiger partial charge in [-0.2, -0.15) is 0 Å². The SMILES string of the molecule is CCOC(=O)c1ccc2ccccc2c1-c1ccccc1. The zero-order valence-corrected chi connectivity index (χ0v) is 11.9. The molecule has 0 radical (unpaired) electrons. The van der Waals surface area contributed by atoms with Crippen molar-refractivity contribution < 1.29 is 9.53 Å². The average molecular weight is 276 g/mol. The van der Waals surface area contributed by atoms with Crippen LogP contribution < -0.4 is 0 Å². The van der Waals surface area contributed by atoms with Crippen molar-refractivity contribution in [2.75, 3.05) is 6.61 Å². The number of carbonyl (C=O) groups is 1. The molecule has 3 aromatic carbocycles. The van der Waals surface area contributed by atoms with E-state index in [4.69, 9.17) is 4.74 Å². The zero-order valence-electron chi connectivity index (χ0n) is 11.9. The van der Waals surface area contributed by atoms with Gasteiger partial charge in [-0.25, -0.2) is 4.79 Å². The predicted molar refractivity (Wildman–Crippen MR) is 85.3 cm³/mol. The molecular weight excluding hydrogens is 260 g/mol. The number of hydrogen-bond donors (Lipinski definition) is 0. The highest BCUT2D eigenvalue weighted by atomic mass is 16.5. The molecule has 0 aliphatic heterocycles. The Hall–Kier alpha value is -2.61. The molecule has 0 aliphatic carbocycles. The van der Waals surface area contributed by atoms with Gasteiger partial charge in [0, 0.05) is 5.56 Å². The lowest BCUT2D eigenvalue weighted by Crippen LogP contribution is -2.06. The summed E-state index contributed by atoms with van der Waals surface area (Å²) in [5, 5.41) is 2.18. The zero-order chi connectivity index (χ0) is 14.7. The van der Waals surface area contributed by atoms with Gasteiger partial charge in [0.05, 0.1) is 12.2 Å². The van der Waals surface area contributed by atoms with Crippen molar-refractivity contribution in [3.8, 4) is 11.1 Å². The summed E-state index contributed by atoms with van der Waals surface area (Å²) in [7, 11) is 0. The minimum absolute atomic E-state index is 0.276. The maximum Gasteiger partial charge on any atom is 0.338 e. The average Bonchev–Trinajstić information content (AvgIpc) is 2.55. The van der Waals surface area contributed by atoms with Crippen LogP contribution >= 0.6 is 0 Å². The fraction of sp³-hybridized carbons (Fsp3) is 0.105. The molecule has 0 saturated heterocycles. The fourth-order valence-corrected chi connectivity index (χ4v) is 2.57. The molecule has 3 rings (SSSR count). The first-order valence-electron chi connectivity index (χ1n) is 7.05. The number of rotatable bonds is 3. The van der Waals surface area contributed by atoms with Gasteiger partial charge in [0.2, 0.25) is 0 Å². The topological polar surface area (TPSA) is 26.3 Å². The predicted octanol–water partition coefficient (Wildman–Crippen LogP) is 4.68. The lowest BCUT2D eigenvalue weighted by Gasteiger charge is -2.12. The van der Waals surface area contributed by atoms with E-state index in [0.717, 1.165) is 21.9 Å². The summed E-state index contributed by atoms with van der Waals surface area (Å²) < 4.78 is 5.20. The quantitative estimate of drug-likeness (QED) is 0.649. The Bertz CT molecular complexity index is 776. The lowest BCUT2D eigenvalue weighted by atomic mass is 9.93. The summed E-state index contributed by atoms with van der Waals surface area (Å²) >= 11 is 0. The molecule has 0 fully saturated rings. The molecule has 0 atom stereocenters. The van der Waals surface area contributed by atoms with Crippen molar-refractivity contribution >= 4 is 16.7 Å². The third-order valence-corrected chi connectivity index (χ3v) is 3.49. The monoisotopic (exact) mass is 276 g/mol. The van der Waals surface area contributed by atoms with Crippen molar-refractivity contribution in [2.24, 2.45) is 0 Å². The van der Waals surface area contributed by atoms with Crippen molar-refractivity contribution in [3.05, 3.63) is 72.3 Å². The summed E-state index contributed by atoms with van der Waals surface area (Å²) in [6.07, 6.45) is 0. The van der Waals surface area contributed by atoms with Gasteiger partial charge in [0.1, 0.15) is 0 Å². The van der Waals surface area contributed by atoms with Crippen LogP contribution in [0.4, 0.5) is 0 Å². The van der Waals surface area contributed by atoms with Crippen molar-refractivity contribution in [1.82, 2.24) is 0 Å². The van der Waals surface area contributed by atoms with Gasteiger partial charge in [-0.3, -0.25) is 0 Å². The third-order valence-electron chi connectivity index (χ3n) is 3.49. The molecular formula is C19H16O2. The van der Waals surface area contributed by atoms with Crippen LogP contribution in [0.5, 0.6) is 0 Å². The van der Waals surface area contributed by atoms with Crippen LogP contribution in [0.2, 0.25) is 0 Å². The van der Waals surface area contributed by atoms with E-state index in [0.29, 0.717) is 12.2 Å². The van der Waals surface area contributed by atoms with Gasteiger partial charge in [-0.1, -0.05) is 60.7 Å². The highest BCUT2D eigenvalue weighted by Gasteiger charge is 2.16. The molecule has 0 aromatic heterocycles. The van der Waals surface area contributed by atoms with Gasteiger partial charge in [-0.05, 0) is 29.3 Å². The standard InChI is InChI=1S/C19H16O2/c1-2-21-19(20)17-13-12-14-8-6-7-11-16(14)18(17)15-9-4-3-5-10-15/h3-13H,2H2,1H3. The smallest absolute Gasteiger partial charge is 0.338 e. The van der Waals surface area contributed by atoms with E-state index < -0.39 is 0 Å². The molecule has 0 unspecified atom stereocenters. The van der Waals surface area contributed by atoms with Crippen LogP contribution in [0, 0.1) is 0 Å². The molecule has 0 bridgehead atoms. The van der Waals surface area contributed by atoms with Crippen molar-refractivity contribution in [3.63, 3.8) is 0 Å². The molecule has 0 spiro atoms. The van der Waals surface area contributed by atoms with E-state index >= 15 is 0 Å². The largest absolute Gasteiger partial charge is 0.462 e. The fourth-order valence-electron chi connectivity index (χ4n) is 2.57. The normalized spacial score (nSPS) is 10.5. The molecule has 0 aliphatic rings. The lowest BCUT2D eigenvalue weighted by molar-refractivity contribution is 0.0527. The van der Waals surface area contributed by atoms with Crippen LogP contribution in [0.3, 0.4) is 0 Å². The minimum Gasteiger partial charge on any atom is -0.462 e. The van der Waals surface area contributed by atoms with Crippen LogP contribution in [0.1, 0.15) is 17.3 Å². The Morgan fingerprint density at radius 1 is 0.905 bits per heavy atom. The Kier molecular flexibility index (Phi) is 3.69. The molecule has 104 valence electrons. The van der Waals surface area contributed by atoms with E-state index in [1.165, 1.54) is 0 Å². The maximum atomic E-state index is 12.3. The van der Waals surface area contributed by atoms with Crippen LogP contribution in [0.15, 0.2) is 66.7 Å². The van der Waals surface area contributed by atoms with E-state index in [9.17, 15) is 4.79 Å². The molecule has 0 heterocycles. The van der Waals surface area contributed by atoms with E-state index in [2.05, 4.69) is 6.07 Å². The Morgan fingerprint density at radius 3 is 2.38 bits per heavy atom. The number of hydrogen-bond acceptors (Lipinski definition) is 2. The summed E-state index contributed by atoms with van der Waals surface area (Å²) in [5.41, 5.74) is 2.58. The van der Waals surface area contributed by atoms with E-state index in [1.54, 1.807) is 0 Å². The van der Waals surface area contributed by atoms with Gasteiger partial charge in [0.15, 0.2) is 0 Å². The second kappa shape index (κ2) is 5.80. The first-order valence-corrected chi connectivity index (χ1v) is 7.05. The molecule has 0 amide bonds. The second-order valence-electron chi connectivity index (χ2n) is 4.80. The summed E-state index contributed by atoms with van der Waals surface area (Å²) in [4.78, 5) is 12.3. The molecule has 3 aromatic rings. The van der Waals surface area contributed by atoms with E-state index in [1.807, 2.05) is 67.6 Å². The van der Waals surface area contributed by atoms with Gasteiger partial charge >= 0.3 is 5.97 Å². The maximum absolute atomic E-state index is 12.3. The van der Waals surface area contributed by atoms with Crippen LogP contribution in [-0.2, 0) is 4.74 Å². The Balaban J connectivity index is 2.31. The summed E-state index contributed by atoms with van der Waals surface area (Å²) in [6.45, 7) is 2.20. The van der Waals surface area contributed by atoms with E-state index in [-0.39, 0.29) is 5.97 Å². The first-order chi connectivity index (χ1) is 10.3. The number of ether oxygens (including phenoxy) is 1. The minimum atomic E-state index is -0.276. The van der Waals surface area contributed by atoms with Crippen LogP contribution in [0.25, 0.3) is 21.9 Å². The summed E-state index contributed by atoms with van der Waals surface area (Å²) in [6, 6.07) is 21.9. The number of carbonyl (C=O) groups excluding carboxylic acids is 1. The molecule has 2 heteroatoms. The van der Waals surface area contributed by atoms with Crippen molar-refractivity contribution in [2.45, 2.75) is 6.92 Å². The van der Waals surface area contributed by atoms with Crippen molar-refractivity contribution in [1.29, 1.82) is 0 Å². The second-order valence-corrected chi connectivity index (χ2v) is 4.80. The molecule has 0 saturated carbocycles. The highest BCUT2D eigenvalue weighted by molar-refractivity contribution is 6.08. The summed E-state index contributed by atoms with van der Waals surface area (Å²) in [5.74, 6) is -0.276. The molecule has 0 N–H and O–H groups in total. The van der Waals surface area contributed by atoms with Crippen LogP contribution in [-0.4, -0.2) is 12.6 Å². The molecule has 21 heavy (non-hydrogen) atoms.